The van der Waals surface area contributed by atoms with Gasteiger partial charge in [0.2, 0.25) is 0 Å². The van der Waals surface area contributed by atoms with E-state index in [2.05, 4.69) is 68.6 Å². The summed E-state index contributed by atoms with van der Waals surface area (Å²) in [6.45, 7) is 3.17. The number of aromatic amines is 1. The number of aromatic nitrogens is 5. The van der Waals surface area contributed by atoms with E-state index in [1.54, 1.807) is 20.0 Å². The molecule has 0 aromatic carbocycles. The van der Waals surface area contributed by atoms with Crippen LogP contribution in [0.2, 0.25) is 0 Å². The smallest absolute Gasteiger partial charge is 0.158 e. The van der Waals surface area contributed by atoms with E-state index in [4.69, 9.17) is 5.73 Å². The van der Waals surface area contributed by atoms with Gasteiger partial charge in [0.15, 0.2) is 17.2 Å². The van der Waals surface area contributed by atoms with E-state index in [1.165, 1.54) is 6.20 Å². The summed E-state index contributed by atoms with van der Waals surface area (Å²) in [7, 11) is 0. The fourth-order valence-electron chi connectivity index (χ4n) is 1.49. The van der Waals surface area contributed by atoms with Gasteiger partial charge in [0.25, 0.3) is 0 Å². The van der Waals surface area contributed by atoms with Crippen LogP contribution in [0.15, 0.2) is 33.9 Å². The van der Waals surface area contributed by atoms with Gasteiger partial charge in [-0.15, -0.1) is 0 Å². The molecule has 0 radical (unpaired) electrons. The maximum absolute atomic E-state index is 9.36. The number of hydrogen-bond donors (Lipinski definition) is 3. The Kier molecular flexibility index (Phi) is 5.88. The first kappa shape index (κ1) is 18.3. The van der Waals surface area contributed by atoms with E-state index in [0.29, 0.717) is 10.3 Å². The fourth-order valence-corrected chi connectivity index (χ4v) is 2.06. The van der Waals surface area contributed by atoms with Gasteiger partial charge in [-0.3, -0.25) is 0 Å². The van der Waals surface area contributed by atoms with Gasteiger partial charge < -0.3 is 15.8 Å². The standard InChI is InChI=1S/C9H10BrN3O.C6H4BrN3/c1-9(2,14)4-3-6-8(11)12-5-7(10)13-6;7-5-3-9-6-4(10-5)1-2-8-6/h5,14H,1-2H3,(H2,11,12);1-3H,(H,8,9). The largest absolute Gasteiger partial charge is 0.381 e. The molecule has 0 aliphatic carbocycles. The molecule has 7 nitrogen and oxygen atoms in total. The Labute approximate surface area is 155 Å². The normalized spacial score (nSPS) is 10.5. The molecule has 3 rings (SSSR count). The Bertz CT molecular complexity index is 907. The Balaban J connectivity index is 0.000000182. The van der Waals surface area contributed by atoms with Gasteiger partial charge in [0.1, 0.15) is 20.3 Å². The highest BCUT2D eigenvalue weighted by molar-refractivity contribution is 9.10. The zero-order chi connectivity index (χ0) is 17.7. The second-order valence-electron chi connectivity index (χ2n) is 5.14. The van der Waals surface area contributed by atoms with Crippen LogP contribution < -0.4 is 5.73 Å². The summed E-state index contributed by atoms with van der Waals surface area (Å²) in [5, 5.41) is 9.36. The molecular formula is C15H14Br2N6O. The minimum atomic E-state index is -1.06. The molecule has 0 amide bonds. The van der Waals surface area contributed by atoms with Gasteiger partial charge in [-0.2, -0.15) is 0 Å². The number of halogens is 2. The lowest BCUT2D eigenvalue weighted by Gasteiger charge is -2.06. The van der Waals surface area contributed by atoms with E-state index in [9.17, 15) is 5.11 Å². The molecule has 0 aliphatic rings. The van der Waals surface area contributed by atoms with Crippen molar-refractivity contribution in [2.75, 3.05) is 5.73 Å². The average Bonchev–Trinajstić information content (AvgIpc) is 2.95. The van der Waals surface area contributed by atoms with Crippen molar-refractivity contribution in [1.82, 2.24) is 24.9 Å². The summed E-state index contributed by atoms with van der Waals surface area (Å²) in [6, 6.07) is 1.88. The van der Waals surface area contributed by atoms with Crippen molar-refractivity contribution in [3.8, 4) is 11.8 Å². The summed E-state index contributed by atoms with van der Waals surface area (Å²) in [5.41, 5.74) is 6.55. The summed E-state index contributed by atoms with van der Waals surface area (Å²) >= 11 is 6.39. The number of anilines is 1. The van der Waals surface area contributed by atoms with Crippen molar-refractivity contribution >= 4 is 48.8 Å². The van der Waals surface area contributed by atoms with Crippen molar-refractivity contribution < 1.29 is 5.11 Å². The van der Waals surface area contributed by atoms with Crippen LogP contribution in [-0.2, 0) is 0 Å². The minimum Gasteiger partial charge on any atom is -0.381 e. The zero-order valence-corrected chi connectivity index (χ0v) is 16.1. The second kappa shape index (κ2) is 7.70. The molecule has 124 valence electrons. The van der Waals surface area contributed by atoms with Crippen LogP contribution >= 0.6 is 31.9 Å². The van der Waals surface area contributed by atoms with E-state index in [1.807, 2.05) is 12.3 Å². The number of H-pyrrole nitrogens is 1. The lowest BCUT2D eigenvalue weighted by atomic mass is 10.1. The molecule has 3 heterocycles. The predicted octanol–water partition coefficient (Wildman–Crippen LogP) is 2.66. The highest BCUT2D eigenvalue weighted by atomic mass is 79.9. The predicted molar refractivity (Wildman–Crippen MR) is 98.9 cm³/mol. The van der Waals surface area contributed by atoms with Crippen LogP contribution in [-0.4, -0.2) is 35.6 Å². The highest BCUT2D eigenvalue weighted by Crippen LogP contribution is 2.10. The molecule has 24 heavy (non-hydrogen) atoms. The minimum absolute atomic E-state index is 0.255. The summed E-state index contributed by atoms with van der Waals surface area (Å²) in [6.07, 6.45) is 4.97. The molecule has 0 atom stereocenters. The summed E-state index contributed by atoms with van der Waals surface area (Å²) < 4.78 is 1.33. The lowest BCUT2D eigenvalue weighted by molar-refractivity contribution is 0.143. The van der Waals surface area contributed by atoms with Gasteiger partial charge in [0.05, 0.1) is 12.4 Å². The van der Waals surface area contributed by atoms with Crippen molar-refractivity contribution in [1.29, 1.82) is 0 Å². The van der Waals surface area contributed by atoms with Gasteiger partial charge in [-0.1, -0.05) is 5.92 Å². The summed E-state index contributed by atoms with van der Waals surface area (Å²) in [5.74, 6) is 5.53. The van der Waals surface area contributed by atoms with E-state index < -0.39 is 5.60 Å². The number of fused-ring (bicyclic) bond motifs is 1. The molecule has 3 aromatic heterocycles. The Morgan fingerprint density at radius 1 is 1.17 bits per heavy atom. The van der Waals surface area contributed by atoms with Crippen molar-refractivity contribution in [2.24, 2.45) is 0 Å². The number of nitrogens with two attached hydrogens (primary N) is 1. The molecule has 0 bridgehead atoms. The molecule has 0 aliphatic heterocycles. The van der Waals surface area contributed by atoms with Gasteiger partial charge in [0, 0.05) is 6.20 Å². The molecule has 0 fully saturated rings. The van der Waals surface area contributed by atoms with Crippen LogP contribution in [0.3, 0.4) is 0 Å². The fraction of sp³-hybridized carbons (Fsp3) is 0.200. The third kappa shape index (κ3) is 5.56. The van der Waals surface area contributed by atoms with Gasteiger partial charge >= 0.3 is 0 Å². The first-order chi connectivity index (χ1) is 11.2. The number of aliphatic hydroxyl groups is 1. The topological polar surface area (TPSA) is 114 Å². The second-order valence-corrected chi connectivity index (χ2v) is 6.76. The van der Waals surface area contributed by atoms with Crippen molar-refractivity contribution in [3.63, 3.8) is 0 Å². The van der Waals surface area contributed by atoms with Crippen molar-refractivity contribution in [3.05, 3.63) is 39.6 Å². The average molecular weight is 454 g/mol. The van der Waals surface area contributed by atoms with Crippen LogP contribution in [0.1, 0.15) is 19.5 Å². The number of nitrogen functional groups attached to an aromatic ring is 1. The van der Waals surface area contributed by atoms with Crippen molar-refractivity contribution in [2.45, 2.75) is 19.4 Å². The number of nitrogens with one attached hydrogen (secondary N) is 1. The zero-order valence-electron chi connectivity index (χ0n) is 12.9. The first-order valence-corrected chi connectivity index (χ1v) is 8.32. The van der Waals surface area contributed by atoms with Gasteiger partial charge in [-0.25, -0.2) is 19.9 Å². The highest BCUT2D eigenvalue weighted by Gasteiger charge is 2.07. The monoisotopic (exact) mass is 452 g/mol. The number of hydrogen-bond acceptors (Lipinski definition) is 6. The molecule has 3 aromatic rings. The van der Waals surface area contributed by atoms with Gasteiger partial charge in [-0.05, 0) is 57.7 Å². The van der Waals surface area contributed by atoms with Crippen LogP contribution in [0.4, 0.5) is 5.82 Å². The first-order valence-electron chi connectivity index (χ1n) is 6.74. The Hall–Kier alpha value is -2.02. The quantitative estimate of drug-likeness (QED) is 0.451. The SMILES string of the molecule is Brc1cnc2[nH]ccc2n1.CC(C)(O)C#Cc1nc(Br)cnc1N. The van der Waals surface area contributed by atoms with E-state index >= 15 is 0 Å². The van der Waals surface area contributed by atoms with E-state index in [0.717, 1.165) is 15.8 Å². The Morgan fingerprint density at radius 2 is 1.83 bits per heavy atom. The van der Waals surface area contributed by atoms with Crippen LogP contribution in [0, 0.1) is 11.8 Å². The molecule has 0 spiro atoms. The molecule has 0 saturated carbocycles. The molecular weight excluding hydrogens is 440 g/mol. The Morgan fingerprint density at radius 3 is 2.54 bits per heavy atom. The molecule has 0 unspecified atom stereocenters. The maximum Gasteiger partial charge on any atom is 0.158 e. The molecule has 4 N–H and O–H groups in total. The van der Waals surface area contributed by atoms with Crippen LogP contribution in [0.25, 0.3) is 11.2 Å². The number of rotatable bonds is 0. The third-order valence-corrected chi connectivity index (χ3v) is 3.25. The maximum atomic E-state index is 9.36. The molecule has 9 heteroatoms. The number of nitrogens with zero attached hydrogens (tertiary/aromatic N) is 4. The lowest BCUT2D eigenvalue weighted by Crippen LogP contribution is -2.14. The molecule has 0 saturated heterocycles. The third-order valence-electron chi connectivity index (χ3n) is 2.49. The van der Waals surface area contributed by atoms with E-state index in [-0.39, 0.29) is 5.82 Å². The summed E-state index contributed by atoms with van der Waals surface area (Å²) in [4.78, 5) is 19.1. The van der Waals surface area contributed by atoms with Crippen LogP contribution in [0.5, 0.6) is 0 Å².